The third-order valence-corrected chi connectivity index (χ3v) is 5.37. The predicted octanol–water partition coefficient (Wildman–Crippen LogP) is 3.90. The molecule has 0 saturated carbocycles. The van der Waals surface area contributed by atoms with Gasteiger partial charge in [0, 0.05) is 18.7 Å². The first-order valence-electron chi connectivity index (χ1n) is 9.41. The van der Waals surface area contributed by atoms with Crippen LogP contribution in [-0.4, -0.2) is 45.4 Å². The van der Waals surface area contributed by atoms with Crippen molar-refractivity contribution in [2.75, 3.05) is 38.0 Å². The van der Waals surface area contributed by atoms with E-state index in [4.69, 9.17) is 14.2 Å². The van der Waals surface area contributed by atoms with Gasteiger partial charge in [0.25, 0.3) is 0 Å². The van der Waals surface area contributed by atoms with Crippen molar-refractivity contribution in [3.05, 3.63) is 51.5 Å². The van der Waals surface area contributed by atoms with Gasteiger partial charge in [-0.05, 0) is 46.6 Å². The molecule has 1 aliphatic heterocycles. The highest BCUT2D eigenvalue weighted by molar-refractivity contribution is 9.10. The van der Waals surface area contributed by atoms with Gasteiger partial charge in [-0.2, -0.15) is 0 Å². The first-order valence-corrected chi connectivity index (χ1v) is 10.2. The quantitative estimate of drug-likeness (QED) is 0.424. The maximum Gasteiger partial charge on any atom is 0.338 e. The molecule has 1 amide bonds. The molecule has 0 bridgehead atoms. The number of nitrogens with one attached hydrogen (secondary N) is 2. The lowest BCUT2D eigenvalue weighted by Gasteiger charge is -2.27. The van der Waals surface area contributed by atoms with E-state index in [-0.39, 0.29) is 33.1 Å². The summed E-state index contributed by atoms with van der Waals surface area (Å²) in [6, 6.07) is 4.87. The van der Waals surface area contributed by atoms with Crippen LogP contribution < -0.4 is 15.4 Å². The fourth-order valence-electron chi connectivity index (χ4n) is 3.01. The number of anilines is 2. The van der Waals surface area contributed by atoms with Crippen LogP contribution in [0.3, 0.4) is 0 Å². The number of methoxy groups -OCH3 is 2. The van der Waals surface area contributed by atoms with E-state index in [1.807, 2.05) is 0 Å². The fraction of sp³-hybridized carbons (Fsp3) is 0.333. The summed E-state index contributed by atoms with van der Waals surface area (Å²) in [5, 5.41) is 5.80. The Hall–Kier alpha value is -2.72. The molecule has 0 unspecified atom stereocenters. The summed E-state index contributed by atoms with van der Waals surface area (Å²) >= 11 is 2.90. The van der Waals surface area contributed by atoms with E-state index < -0.39 is 29.9 Å². The molecule has 1 heterocycles. The molecule has 2 aromatic carbocycles. The van der Waals surface area contributed by atoms with Gasteiger partial charge in [0.05, 0.1) is 42.5 Å². The van der Waals surface area contributed by atoms with Crippen molar-refractivity contribution in [2.45, 2.75) is 18.9 Å². The highest BCUT2D eigenvalue weighted by Crippen LogP contribution is 2.35. The Morgan fingerprint density at radius 3 is 2.55 bits per heavy atom. The monoisotopic (exact) mass is 498 g/mol. The molecule has 0 aliphatic carbocycles. The molecule has 3 rings (SSSR count). The minimum absolute atomic E-state index is 0.0103. The summed E-state index contributed by atoms with van der Waals surface area (Å²) in [6.07, 6.45) is 0.496. The Kier molecular flexibility index (Phi) is 7.45. The van der Waals surface area contributed by atoms with Crippen molar-refractivity contribution in [1.29, 1.82) is 0 Å². The molecule has 10 heteroatoms. The van der Waals surface area contributed by atoms with Gasteiger partial charge < -0.3 is 24.8 Å². The first kappa shape index (κ1) is 23.0. The van der Waals surface area contributed by atoms with Crippen LogP contribution in [0.15, 0.2) is 28.7 Å². The third kappa shape index (κ3) is 5.50. The van der Waals surface area contributed by atoms with Crippen LogP contribution in [0.1, 0.15) is 22.3 Å². The number of rotatable bonds is 8. The molecule has 0 radical (unpaired) electrons. The Morgan fingerprint density at radius 1 is 1.19 bits per heavy atom. The van der Waals surface area contributed by atoms with E-state index in [2.05, 4.69) is 26.6 Å². The summed E-state index contributed by atoms with van der Waals surface area (Å²) in [4.78, 5) is 24.6. The number of amides is 1. The molecule has 7 nitrogen and oxygen atoms in total. The summed E-state index contributed by atoms with van der Waals surface area (Å²) in [5.74, 6) is -2.35. The molecule has 1 saturated heterocycles. The van der Waals surface area contributed by atoms with Gasteiger partial charge in [-0.1, -0.05) is 0 Å². The second-order valence-electron chi connectivity index (χ2n) is 6.84. The number of hydrogen-bond donors (Lipinski definition) is 2. The third-order valence-electron chi connectivity index (χ3n) is 4.76. The number of hydrogen-bond acceptors (Lipinski definition) is 6. The van der Waals surface area contributed by atoms with Gasteiger partial charge >= 0.3 is 5.97 Å². The minimum Gasteiger partial charge on any atom is -0.494 e. The molecule has 2 N–H and O–H groups in total. The van der Waals surface area contributed by atoms with E-state index in [1.165, 1.54) is 26.4 Å². The molecule has 0 aromatic heterocycles. The maximum absolute atomic E-state index is 14.1. The molecular formula is C21H21BrF2N2O5. The van der Waals surface area contributed by atoms with Crippen LogP contribution in [0.25, 0.3) is 0 Å². The summed E-state index contributed by atoms with van der Waals surface area (Å²) in [6.45, 7) is 1.12. The lowest BCUT2D eigenvalue weighted by Crippen LogP contribution is -2.33. The number of carbonyl (C=O) groups is 2. The van der Waals surface area contributed by atoms with Gasteiger partial charge in [-0.3, -0.25) is 4.79 Å². The van der Waals surface area contributed by atoms with Crippen molar-refractivity contribution in [2.24, 2.45) is 0 Å². The number of halogens is 3. The fourth-order valence-corrected chi connectivity index (χ4v) is 3.32. The zero-order valence-electron chi connectivity index (χ0n) is 16.9. The number of carbonyl (C=O) groups excluding carboxylic acids is 2. The first-order chi connectivity index (χ1) is 14.8. The zero-order chi connectivity index (χ0) is 22.5. The SMILES string of the molecule is COC(=O)c1cc(NC[C@@H]2CCO2)c(NC(=O)Cc2cc(F)c(Br)cc2F)c(OC)c1. The van der Waals surface area contributed by atoms with Crippen LogP contribution in [0, 0.1) is 11.6 Å². The zero-order valence-corrected chi connectivity index (χ0v) is 18.5. The molecule has 31 heavy (non-hydrogen) atoms. The minimum atomic E-state index is -0.711. The lowest BCUT2D eigenvalue weighted by molar-refractivity contribution is -0.115. The number of benzene rings is 2. The van der Waals surface area contributed by atoms with Crippen LogP contribution in [0.2, 0.25) is 0 Å². The van der Waals surface area contributed by atoms with Crippen molar-refractivity contribution >= 4 is 39.2 Å². The summed E-state index contributed by atoms with van der Waals surface area (Å²) in [7, 11) is 2.64. The van der Waals surface area contributed by atoms with Crippen LogP contribution >= 0.6 is 15.9 Å². The van der Waals surface area contributed by atoms with E-state index in [0.717, 1.165) is 18.6 Å². The molecule has 2 aromatic rings. The van der Waals surface area contributed by atoms with Gasteiger partial charge in [-0.15, -0.1) is 0 Å². The standard InChI is InChI=1S/C21H21BrF2N2O5/c1-29-18-7-12(21(28)30-2)6-17(25-10-13-3-4-31-13)20(18)26-19(27)8-11-5-16(24)14(22)9-15(11)23/h5-7,9,13,25H,3-4,8,10H2,1-2H3,(H,26,27)/t13-/m0/s1. The van der Waals surface area contributed by atoms with Crippen LogP contribution in [0.4, 0.5) is 20.2 Å². The Morgan fingerprint density at radius 2 is 1.94 bits per heavy atom. The van der Waals surface area contributed by atoms with Crippen molar-refractivity contribution < 1.29 is 32.6 Å². The maximum atomic E-state index is 14.1. The molecule has 1 atom stereocenters. The Labute approximate surface area is 186 Å². The highest BCUT2D eigenvalue weighted by Gasteiger charge is 2.22. The predicted molar refractivity (Wildman–Crippen MR) is 114 cm³/mol. The van der Waals surface area contributed by atoms with Crippen molar-refractivity contribution in [3.8, 4) is 5.75 Å². The largest absolute Gasteiger partial charge is 0.494 e. The molecule has 166 valence electrons. The number of esters is 1. The van der Waals surface area contributed by atoms with Crippen LogP contribution in [0.5, 0.6) is 5.75 Å². The average Bonchev–Trinajstić information content (AvgIpc) is 2.71. The lowest BCUT2D eigenvalue weighted by atomic mass is 10.1. The molecular weight excluding hydrogens is 478 g/mol. The van der Waals surface area contributed by atoms with E-state index in [0.29, 0.717) is 18.8 Å². The second-order valence-corrected chi connectivity index (χ2v) is 7.69. The molecule has 1 fully saturated rings. The van der Waals surface area contributed by atoms with Gasteiger partial charge in [0.1, 0.15) is 23.1 Å². The van der Waals surface area contributed by atoms with Crippen molar-refractivity contribution in [1.82, 2.24) is 0 Å². The molecule has 0 spiro atoms. The van der Waals surface area contributed by atoms with Gasteiger partial charge in [-0.25, -0.2) is 13.6 Å². The van der Waals surface area contributed by atoms with E-state index in [9.17, 15) is 18.4 Å². The van der Waals surface area contributed by atoms with Crippen molar-refractivity contribution in [3.63, 3.8) is 0 Å². The summed E-state index contributed by atoms with van der Waals surface area (Å²) in [5.41, 5.74) is 0.791. The molecule has 1 aliphatic rings. The summed E-state index contributed by atoms with van der Waals surface area (Å²) < 4.78 is 43.3. The smallest absolute Gasteiger partial charge is 0.338 e. The Bertz CT molecular complexity index is 998. The van der Waals surface area contributed by atoms with Gasteiger partial charge in [0.15, 0.2) is 0 Å². The number of ether oxygens (including phenoxy) is 3. The normalized spacial score (nSPS) is 15.1. The van der Waals surface area contributed by atoms with Gasteiger partial charge in [0.2, 0.25) is 5.91 Å². The average molecular weight is 499 g/mol. The Balaban J connectivity index is 1.87. The second kappa shape index (κ2) is 10.1. The topological polar surface area (TPSA) is 85.9 Å². The van der Waals surface area contributed by atoms with E-state index in [1.54, 1.807) is 0 Å². The highest BCUT2D eigenvalue weighted by atomic mass is 79.9. The van der Waals surface area contributed by atoms with Crippen LogP contribution in [-0.2, 0) is 20.7 Å². The van der Waals surface area contributed by atoms with E-state index >= 15 is 0 Å².